The molecule has 5 heteroatoms. The first-order chi connectivity index (χ1) is 9.52. The van der Waals surface area contributed by atoms with Gasteiger partial charge in [-0.25, -0.2) is 0 Å². The van der Waals surface area contributed by atoms with E-state index in [4.69, 9.17) is 23.2 Å². The van der Waals surface area contributed by atoms with Crippen LogP contribution in [0.25, 0.3) is 10.9 Å². The van der Waals surface area contributed by atoms with Crippen LogP contribution in [0.3, 0.4) is 0 Å². The third kappa shape index (κ3) is 2.20. The van der Waals surface area contributed by atoms with Crippen molar-refractivity contribution in [3.8, 4) is 0 Å². The zero-order valence-corrected chi connectivity index (χ0v) is 14.1. The first-order valence-electron chi connectivity index (χ1n) is 6.72. The molecule has 1 aromatic carbocycles. The summed E-state index contributed by atoms with van der Waals surface area (Å²) in [5.41, 5.74) is 3.08. The summed E-state index contributed by atoms with van der Waals surface area (Å²) in [5, 5.41) is 2.05. The minimum absolute atomic E-state index is 0.269. The number of Topliss-reactive ketones (excluding diaryl/α,β-unsaturated/α-hetero) is 1. The van der Waals surface area contributed by atoms with Gasteiger partial charge in [0.2, 0.25) is 0 Å². The van der Waals surface area contributed by atoms with Crippen LogP contribution >= 0.6 is 39.1 Å². The summed E-state index contributed by atoms with van der Waals surface area (Å²) in [5.74, 6) is 0.570. The molecule has 1 N–H and O–H groups in total. The Hall–Kier alpha value is -0.510. The number of aromatic nitrogens is 1. The molecule has 106 valence electrons. The van der Waals surface area contributed by atoms with E-state index in [1.165, 1.54) is 0 Å². The maximum absolute atomic E-state index is 12.0. The summed E-state index contributed by atoms with van der Waals surface area (Å²) in [7, 11) is 0. The molecule has 1 atom stereocenters. The minimum atomic E-state index is 0.269. The molecular formula is C15H14BrCl2NO. The Kier molecular flexibility index (Phi) is 3.87. The fraction of sp³-hybridized carbons (Fsp3) is 0.400. The van der Waals surface area contributed by atoms with Crippen LogP contribution in [-0.4, -0.2) is 10.8 Å². The second kappa shape index (κ2) is 5.36. The van der Waals surface area contributed by atoms with E-state index in [0.29, 0.717) is 28.7 Å². The molecule has 0 radical (unpaired) electrons. The number of fused-ring (bicyclic) bond motifs is 3. The van der Waals surface area contributed by atoms with Crippen LogP contribution in [0.2, 0.25) is 10.0 Å². The normalized spacial score (nSPS) is 18.6. The first kappa shape index (κ1) is 14.4. The average molecular weight is 375 g/mol. The minimum Gasteiger partial charge on any atom is -0.357 e. The molecular weight excluding hydrogens is 361 g/mol. The van der Waals surface area contributed by atoms with Crippen molar-refractivity contribution in [3.63, 3.8) is 0 Å². The first-order valence-corrected chi connectivity index (χ1v) is 8.27. The molecule has 0 saturated carbocycles. The van der Waals surface area contributed by atoms with Crippen molar-refractivity contribution in [2.45, 2.75) is 38.5 Å². The largest absolute Gasteiger partial charge is 0.357 e. The van der Waals surface area contributed by atoms with Crippen molar-refractivity contribution >= 4 is 55.8 Å². The fourth-order valence-electron chi connectivity index (χ4n) is 3.13. The van der Waals surface area contributed by atoms with Gasteiger partial charge >= 0.3 is 0 Å². The fourth-order valence-corrected chi connectivity index (χ4v) is 4.32. The number of aromatic amines is 1. The molecule has 2 aromatic rings. The number of hydrogen-bond acceptors (Lipinski definition) is 1. The van der Waals surface area contributed by atoms with Crippen molar-refractivity contribution in [1.29, 1.82) is 0 Å². The van der Waals surface area contributed by atoms with E-state index in [2.05, 4.69) is 27.8 Å². The Bertz CT molecular complexity index is 708. The molecule has 20 heavy (non-hydrogen) atoms. The van der Waals surface area contributed by atoms with Gasteiger partial charge in [0, 0.05) is 34.3 Å². The molecule has 3 rings (SSSR count). The lowest BCUT2D eigenvalue weighted by atomic mass is 9.83. The van der Waals surface area contributed by atoms with Gasteiger partial charge in [-0.2, -0.15) is 0 Å². The molecule has 1 unspecified atom stereocenters. The van der Waals surface area contributed by atoms with Crippen molar-refractivity contribution in [2.75, 3.05) is 0 Å². The zero-order chi connectivity index (χ0) is 14.4. The van der Waals surface area contributed by atoms with Gasteiger partial charge < -0.3 is 4.98 Å². The van der Waals surface area contributed by atoms with Crippen molar-refractivity contribution in [3.05, 3.63) is 31.8 Å². The highest BCUT2D eigenvalue weighted by Gasteiger charge is 2.30. The van der Waals surface area contributed by atoms with Crippen LogP contribution in [0, 0.1) is 0 Å². The molecule has 1 aliphatic rings. The highest BCUT2D eigenvalue weighted by molar-refractivity contribution is 9.10. The molecule has 1 aliphatic carbocycles. The van der Waals surface area contributed by atoms with Gasteiger partial charge in [0.25, 0.3) is 0 Å². The number of carbonyl (C=O) groups excluding carboxylic acids is 1. The van der Waals surface area contributed by atoms with Gasteiger partial charge in [-0.1, -0.05) is 52.5 Å². The van der Waals surface area contributed by atoms with Gasteiger partial charge in [-0.05, 0) is 18.1 Å². The highest BCUT2D eigenvalue weighted by atomic mass is 79.9. The van der Waals surface area contributed by atoms with Crippen LogP contribution in [-0.2, 0) is 11.2 Å². The molecule has 0 saturated heterocycles. The lowest BCUT2D eigenvalue weighted by molar-refractivity contribution is -0.119. The summed E-state index contributed by atoms with van der Waals surface area (Å²) >= 11 is 16.0. The number of carbonyl (C=O) groups is 1. The van der Waals surface area contributed by atoms with Gasteiger partial charge in [0.15, 0.2) is 0 Å². The Balaban J connectivity index is 2.30. The number of halogens is 3. The molecule has 0 bridgehead atoms. The van der Waals surface area contributed by atoms with Gasteiger partial charge in [-0.15, -0.1) is 0 Å². The monoisotopic (exact) mass is 373 g/mol. The summed E-state index contributed by atoms with van der Waals surface area (Å²) in [6, 6.07) is 1.80. The van der Waals surface area contributed by atoms with E-state index >= 15 is 0 Å². The van der Waals surface area contributed by atoms with Gasteiger partial charge in [-0.3, -0.25) is 4.79 Å². The predicted octanol–water partition coefficient (Wildman–Crippen LogP) is 5.64. The third-order valence-corrected chi connectivity index (χ3v) is 5.36. The predicted molar refractivity (Wildman–Crippen MR) is 87.0 cm³/mol. The molecule has 0 spiro atoms. The van der Waals surface area contributed by atoms with Crippen LogP contribution in [0.4, 0.5) is 0 Å². The lowest BCUT2D eigenvalue weighted by Crippen LogP contribution is -2.17. The van der Waals surface area contributed by atoms with Crippen LogP contribution in [0.15, 0.2) is 10.5 Å². The number of hydrogen-bond donors (Lipinski definition) is 1. The van der Waals surface area contributed by atoms with Crippen molar-refractivity contribution < 1.29 is 4.79 Å². The topological polar surface area (TPSA) is 32.9 Å². The number of nitrogens with one attached hydrogen (secondary N) is 1. The average Bonchev–Trinajstić information content (AvgIpc) is 2.76. The highest BCUT2D eigenvalue weighted by Crippen LogP contribution is 2.43. The van der Waals surface area contributed by atoms with E-state index < -0.39 is 0 Å². The number of benzene rings is 1. The molecule has 1 aromatic heterocycles. The van der Waals surface area contributed by atoms with Crippen molar-refractivity contribution in [2.24, 2.45) is 0 Å². The third-order valence-electron chi connectivity index (χ3n) is 3.95. The maximum atomic E-state index is 12.0. The van der Waals surface area contributed by atoms with Gasteiger partial charge in [0.05, 0.1) is 15.6 Å². The smallest absolute Gasteiger partial charge is 0.138 e. The van der Waals surface area contributed by atoms with E-state index in [1.807, 2.05) is 0 Å². The summed E-state index contributed by atoms with van der Waals surface area (Å²) in [6.45, 7) is 2.14. The Labute approximate surface area is 136 Å². The van der Waals surface area contributed by atoms with Crippen molar-refractivity contribution in [1.82, 2.24) is 4.98 Å². The van der Waals surface area contributed by atoms with E-state index in [9.17, 15) is 4.79 Å². The van der Waals surface area contributed by atoms with Gasteiger partial charge in [0.1, 0.15) is 5.78 Å². The quantitative estimate of drug-likeness (QED) is 0.678. The van der Waals surface area contributed by atoms with E-state index in [0.717, 1.165) is 39.5 Å². The molecule has 1 heterocycles. The SMILES string of the molecule is CCCC1CC(=O)Cc2c1[nH]c1c(Cl)c(Cl)cc(Br)c21. The second-order valence-electron chi connectivity index (χ2n) is 5.33. The van der Waals surface area contributed by atoms with Crippen LogP contribution < -0.4 is 0 Å². The molecule has 0 aliphatic heterocycles. The number of H-pyrrole nitrogens is 1. The van der Waals surface area contributed by atoms with Crippen LogP contribution in [0.1, 0.15) is 43.4 Å². The Morgan fingerprint density at radius 3 is 2.90 bits per heavy atom. The molecule has 2 nitrogen and oxygen atoms in total. The van der Waals surface area contributed by atoms with E-state index in [1.54, 1.807) is 6.07 Å². The summed E-state index contributed by atoms with van der Waals surface area (Å²) in [6.07, 6.45) is 3.17. The van der Waals surface area contributed by atoms with Crippen LogP contribution in [0.5, 0.6) is 0 Å². The Morgan fingerprint density at radius 2 is 2.20 bits per heavy atom. The summed E-state index contributed by atoms with van der Waals surface area (Å²) in [4.78, 5) is 15.5. The zero-order valence-electron chi connectivity index (χ0n) is 11.0. The number of rotatable bonds is 2. The molecule has 0 amide bonds. The number of ketones is 1. The summed E-state index contributed by atoms with van der Waals surface area (Å²) < 4.78 is 0.893. The standard InChI is InChI=1S/C15H14BrCl2NO/c1-2-3-7-4-8(20)5-9-12-10(16)6-11(17)13(18)15(12)19-14(7)9/h6-7,19H,2-5H2,1H3. The maximum Gasteiger partial charge on any atom is 0.138 e. The second-order valence-corrected chi connectivity index (χ2v) is 6.97. The lowest BCUT2D eigenvalue weighted by Gasteiger charge is -2.21. The molecule has 0 fully saturated rings. The Morgan fingerprint density at radius 1 is 1.45 bits per heavy atom. The van der Waals surface area contributed by atoms with E-state index in [-0.39, 0.29) is 5.92 Å².